The first-order valence-electron chi connectivity index (χ1n) is 10.7. The van der Waals surface area contributed by atoms with Crippen LogP contribution in [0.3, 0.4) is 0 Å². The second-order valence-electron chi connectivity index (χ2n) is 8.13. The van der Waals surface area contributed by atoms with Crippen LogP contribution in [0.25, 0.3) is 0 Å². The summed E-state index contributed by atoms with van der Waals surface area (Å²) in [5.41, 5.74) is 2.11. The predicted molar refractivity (Wildman–Crippen MR) is 116 cm³/mol. The van der Waals surface area contributed by atoms with E-state index in [9.17, 15) is 17.6 Å². The van der Waals surface area contributed by atoms with Crippen molar-refractivity contribution in [2.24, 2.45) is 0 Å². The molecular weight excluding hydrogens is 419 g/mol. The van der Waals surface area contributed by atoms with Gasteiger partial charge in [-0.3, -0.25) is 9.69 Å². The van der Waals surface area contributed by atoms with Crippen molar-refractivity contribution in [3.63, 3.8) is 0 Å². The van der Waals surface area contributed by atoms with Gasteiger partial charge in [-0.05, 0) is 44.7 Å². The maximum absolute atomic E-state index is 14.0. The Morgan fingerprint density at radius 2 is 2.00 bits per heavy atom. The SMILES string of the molecule is CCS(=O)(=O)N1CCC[C@H](c2nc(C)c3c(n2)N(CCc2ccccc2F)C(=O)C3)C1. The second-order valence-corrected chi connectivity index (χ2v) is 10.4. The third kappa shape index (κ3) is 4.34. The standard InChI is InChI=1S/C22H27FN4O3S/c1-3-31(29,30)26-11-6-8-17(14-26)21-24-15(2)18-13-20(28)27(22(18)25-21)12-10-16-7-4-5-9-19(16)23/h4-5,7,9,17H,3,6,8,10-14H2,1-2H3/t17-/m0/s1. The zero-order valence-electron chi connectivity index (χ0n) is 17.8. The average molecular weight is 447 g/mol. The number of rotatable bonds is 6. The fourth-order valence-electron chi connectivity index (χ4n) is 4.33. The van der Waals surface area contributed by atoms with E-state index >= 15 is 0 Å². The summed E-state index contributed by atoms with van der Waals surface area (Å²) in [7, 11) is -3.27. The van der Waals surface area contributed by atoms with Crippen LogP contribution >= 0.6 is 0 Å². The van der Waals surface area contributed by atoms with E-state index in [1.54, 1.807) is 30.0 Å². The number of hydrogen-bond donors (Lipinski definition) is 0. The predicted octanol–water partition coefficient (Wildman–Crippen LogP) is 2.59. The van der Waals surface area contributed by atoms with Gasteiger partial charge < -0.3 is 0 Å². The third-order valence-corrected chi connectivity index (χ3v) is 8.01. The zero-order valence-corrected chi connectivity index (χ0v) is 18.7. The minimum atomic E-state index is -3.27. The molecule has 1 amide bonds. The molecule has 1 atom stereocenters. The van der Waals surface area contributed by atoms with E-state index in [4.69, 9.17) is 4.98 Å². The molecule has 1 saturated heterocycles. The Morgan fingerprint density at radius 3 is 2.74 bits per heavy atom. The smallest absolute Gasteiger partial charge is 0.232 e. The molecule has 2 aromatic rings. The van der Waals surface area contributed by atoms with E-state index in [0.717, 1.165) is 24.1 Å². The maximum Gasteiger partial charge on any atom is 0.232 e. The van der Waals surface area contributed by atoms with Crippen LogP contribution in [0.1, 0.15) is 48.3 Å². The molecule has 1 aromatic carbocycles. The van der Waals surface area contributed by atoms with E-state index in [-0.39, 0.29) is 29.8 Å². The van der Waals surface area contributed by atoms with Crippen LogP contribution in [0.4, 0.5) is 10.2 Å². The van der Waals surface area contributed by atoms with Crippen LogP contribution in [0.15, 0.2) is 24.3 Å². The first kappa shape index (κ1) is 21.8. The van der Waals surface area contributed by atoms with Crippen molar-refractivity contribution in [1.29, 1.82) is 0 Å². The topological polar surface area (TPSA) is 83.5 Å². The van der Waals surface area contributed by atoms with Crippen molar-refractivity contribution in [2.75, 3.05) is 30.3 Å². The van der Waals surface area contributed by atoms with Gasteiger partial charge in [0.15, 0.2) is 0 Å². The van der Waals surface area contributed by atoms with Crippen molar-refractivity contribution < 1.29 is 17.6 Å². The van der Waals surface area contributed by atoms with Gasteiger partial charge in [0.25, 0.3) is 0 Å². The summed E-state index contributed by atoms with van der Waals surface area (Å²) < 4.78 is 40.2. The van der Waals surface area contributed by atoms with Gasteiger partial charge in [0.2, 0.25) is 15.9 Å². The number of sulfonamides is 1. The molecule has 0 unspecified atom stereocenters. The Morgan fingerprint density at radius 1 is 1.23 bits per heavy atom. The van der Waals surface area contributed by atoms with Gasteiger partial charge in [0.05, 0.1) is 12.2 Å². The van der Waals surface area contributed by atoms with Crippen LogP contribution in [0.2, 0.25) is 0 Å². The first-order valence-corrected chi connectivity index (χ1v) is 12.3. The zero-order chi connectivity index (χ0) is 22.2. The molecule has 3 heterocycles. The molecule has 2 aliphatic heterocycles. The number of anilines is 1. The van der Waals surface area contributed by atoms with Crippen molar-refractivity contribution in [2.45, 2.75) is 45.4 Å². The van der Waals surface area contributed by atoms with Gasteiger partial charge in [-0.25, -0.2) is 27.1 Å². The number of hydrogen-bond acceptors (Lipinski definition) is 5. The minimum absolute atomic E-state index is 0.0697. The molecule has 0 radical (unpaired) electrons. The number of aromatic nitrogens is 2. The number of carbonyl (C=O) groups is 1. The fraction of sp³-hybridized carbons (Fsp3) is 0.500. The van der Waals surface area contributed by atoms with E-state index < -0.39 is 10.0 Å². The monoisotopic (exact) mass is 446 g/mol. The summed E-state index contributed by atoms with van der Waals surface area (Å²) in [6, 6.07) is 6.56. The molecule has 0 N–H and O–H groups in total. The van der Waals surface area contributed by atoms with Gasteiger partial charge in [-0.1, -0.05) is 18.2 Å². The summed E-state index contributed by atoms with van der Waals surface area (Å²) in [5.74, 6) is 0.774. The summed E-state index contributed by atoms with van der Waals surface area (Å²) in [6.07, 6.45) is 2.18. The van der Waals surface area contributed by atoms with E-state index in [0.29, 0.717) is 43.3 Å². The number of nitrogens with zero attached hydrogens (tertiary/aromatic N) is 4. The van der Waals surface area contributed by atoms with Gasteiger partial charge >= 0.3 is 0 Å². The molecule has 31 heavy (non-hydrogen) atoms. The number of aryl methyl sites for hydroxylation is 1. The number of piperidine rings is 1. The number of halogens is 1. The van der Waals surface area contributed by atoms with Crippen LogP contribution in [-0.4, -0.2) is 54.0 Å². The quantitative estimate of drug-likeness (QED) is 0.681. The lowest BCUT2D eigenvalue weighted by molar-refractivity contribution is -0.117. The Bertz CT molecular complexity index is 1110. The van der Waals surface area contributed by atoms with Crippen molar-refractivity contribution in [3.05, 3.63) is 52.7 Å². The summed E-state index contributed by atoms with van der Waals surface area (Å²) in [5, 5.41) is 0. The van der Waals surface area contributed by atoms with E-state index in [1.807, 2.05) is 6.92 Å². The van der Waals surface area contributed by atoms with Crippen molar-refractivity contribution >= 4 is 21.7 Å². The first-order chi connectivity index (χ1) is 14.8. The molecule has 0 saturated carbocycles. The lowest BCUT2D eigenvalue weighted by atomic mass is 9.98. The highest BCUT2D eigenvalue weighted by Gasteiger charge is 2.34. The molecule has 2 aliphatic rings. The van der Waals surface area contributed by atoms with Crippen molar-refractivity contribution in [1.82, 2.24) is 14.3 Å². The normalized spacial score (nSPS) is 19.6. The van der Waals surface area contributed by atoms with Crippen molar-refractivity contribution in [3.8, 4) is 0 Å². The highest BCUT2D eigenvalue weighted by atomic mass is 32.2. The summed E-state index contributed by atoms with van der Waals surface area (Å²) >= 11 is 0. The molecule has 0 spiro atoms. The lowest BCUT2D eigenvalue weighted by Gasteiger charge is -2.31. The number of benzene rings is 1. The highest BCUT2D eigenvalue weighted by molar-refractivity contribution is 7.89. The van der Waals surface area contributed by atoms with Gasteiger partial charge in [0.1, 0.15) is 17.5 Å². The molecule has 7 nitrogen and oxygen atoms in total. The molecule has 4 rings (SSSR count). The van der Waals surface area contributed by atoms with Crippen LogP contribution in [0.5, 0.6) is 0 Å². The fourth-order valence-corrected chi connectivity index (χ4v) is 5.51. The van der Waals surface area contributed by atoms with Crippen LogP contribution in [0, 0.1) is 12.7 Å². The Hall–Kier alpha value is -2.39. The molecule has 1 fully saturated rings. The summed E-state index contributed by atoms with van der Waals surface area (Å²) in [6.45, 7) is 4.72. The molecular formula is C22H27FN4O3S. The minimum Gasteiger partial charge on any atom is -0.296 e. The molecule has 9 heteroatoms. The molecule has 166 valence electrons. The van der Waals surface area contributed by atoms with Crippen LogP contribution in [-0.2, 0) is 27.7 Å². The lowest BCUT2D eigenvalue weighted by Crippen LogP contribution is -2.40. The molecule has 1 aromatic heterocycles. The third-order valence-electron chi connectivity index (χ3n) is 6.16. The Kier molecular flexibility index (Phi) is 6.07. The van der Waals surface area contributed by atoms with Crippen LogP contribution < -0.4 is 4.90 Å². The maximum atomic E-state index is 14.0. The van der Waals surface area contributed by atoms with E-state index in [1.165, 1.54) is 10.4 Å². The Balaban J connectivity index is 1.59. The van der Waals surface area contributed by atoms with Gasteiger partial charge in [-0.15, -0.1) is 0 Å². The second kappa shape index (κ2) is 8.63. The molecule has 0 bridgehead atoms. The summed E-state index contributed by atoms with van der Waals surface area (Å²) in [4.78, 5) is 23.7. The van der Waals surface area contributed by atoms with Gasteiger partial charge in [0, 0.05) is 36.8 Å². The number of amides is 1. The van der Waals surface area contributed by atoms with Gasteiger partial charge in [-0.2, -0.15) is 0 Å². The molecule has 0 aliphatic carbocycles. The Labute approximate surface area is 182 Å². The van der Waals surface area contributed by atoms with E-state index in [2.05, 4.69) is 4.98 Å². The number of carbonyl (C=O) groups excluding carboxylic acids is 1. The highest BCUT2D eigenvalue weighted by Crippen LogP contribution is 2.33. The average Bonchev–Trinajstić information content (AvgIpc) is 3.09. The number of fused-ring (bicyclic) bond motifs is 1. The largest absolute Gasteiger partial charge is 0.296 e.